The molecule has 1 aromatic rings. The van der Waals surface area contributed by atoms with Crippen LogP contribution >= 0.6 is 0 Å². The van der Waals surface area contributed by atoms with Crippen molar-refractivity contribution in [2.45, 2.75) is 19.4 Å². The molecule has 13 heavy (non-hydrogen) atoms. The molecule has 2 rings (SSSR count). The van der Waals surface area contributed by atoms with E-state index in [-0.39, 0.29) is 6.10 Å². The molecule has 1 aliphatic heterocycles. The van der Waals surface area contributed by atoms with Crippen molar-refractivity contribution in [2.75, 3.05) is 6.54 Å². The number of hydrogen-bond acceptors (Lipinski definition) is 3. The molecule has 0 fully saturated rings. The Hall–Kier alpha value is -1.38. The lowest BCUT2D eigenvalue weighted by Crippen LogP contribution is -2.11. The topological polar surface area (TPSA) is 34.5 Å². The highest BCUT2D eigenvalue weighted by Crippen LogP contribution is 2.12. The van der Waals surface area contributed by atoms with E-state index in [1.807, 2.05) is 12.1 Å². The maximum atomic E-state index is 5.61. The molecule has 3 heteroatoms. The predicted molar refractivity (Wildman–Crippen MR) is 50.8 cm³/mol. The van der Waals surface area contributed by atoms with Crippen LogP contribution in [0.15, 0.2) is 29.5 Å². The average molecular weight is 176 g/mol. The first-order valence-electron chi connectivity index (χ1n) is 4.51. The summed E-state index contributed by atoms with van der Waals surface area (Å²) in [6.07, 6.45) is 4.79. The summed E-state index contributed by atoms with van der Waals surface area (Å²) in [7, 11) is 0. The predicted octanol–water partition coefficient (Wildman–Crippen LogP) is 1.64. The Morgan fingerprint density at radius 2 is 2.54 bits per heavy atom. The summed E-state index contributed by atoms with van der Waals surface area (Å²) in [6.45, 7) is 2.88. The molecule has 68 valence electrons. The van der Waals surface area contributed by atoms with Crippen molar-refractivity contribution in [3.05, 3.63) is 30.1 Å². The molecule has 0 spiro atoms. The van der Waals surface area contributed by atoms with E-state index >= 15 is 0 Å². The van der Waals surface area contributed by atoms with Crippen molar-refractivity contribution in [1.82, 2.24) is 4.98 Å². The zero-order valence-corrected chi connectivity index (χ0v) is 7.60. The van der Waals surface area contributed by atoms with E-state index in [9.17, 15) is 0 Å². The average Bonchev–Trinajstić information content (AvgIpc) is 2.67. The number of pyridine rings is 1. The number of rotatable bonds is 2. The second-order valence-electron chi connectivity index (χ2n) is 3.04. The number of aromatic nitrogens is 1. The first-order valence-corrected chi connectivity index (χ1v) is 4.51. The molecule has 1 atom stereocenters. The van der Waals surface area contributed by atoms with Crippen LogP contribution < -0.4 is 0 Å². The van der Waals surface area contributed by atoms with Gasteiger partial charge in [0.25, 0.3) is 0 Å². The Morgan fingerprint density at radius 3 is 3.15 bits per heavy atom. The highest BCUT2D eigenvalue weighted by molar-refractivity contribution is 5.94. The molecule has 3 nitrogen and oxygen atoms in total. The van der Waals surface area contributed by atoms with Crippen LogP contribution in [-0.4, -0.2) is 23.5 Å². The number of nitrogens with zero attached hydrogens (tertiary/aromatic N) is 2. The van der Waals surface area contributed by atoms with Gasteiger partial charge in [0.1, 0.15) is 6.10 Å². The first kappa shape index (κ1) is 8.23. The van der Waals surface area contributed by atoms with E-state index in [0.717, 1.165) is 24.4 Å². The second-order valence-corrected chi connectivity index (χ2v) is 3.04. The summed E-state index contributed by atoms with van der Waals surface area (Å²) in [4.78, 5) is 8.33. The third-order valence-corrected chi connectivity index (χ3v) is 2.08. The molecule has 2 heterocycles. The molecule has 1 unspecified atom stereocenters. The molecule has 1 aliphatic rings. The van der Waals surface area contributed by atoms with Crippen LogP contribution in [0.25, 0.3) is 0 Å². The number of ether oxygens (including phenoxy) is 1. The van der Waals surface area contributed by atoms with Crippen molar-refractivity contribution in [3.8, 4) is 0 Å². The molecule has 0 aliphatic carbocycles. The van der Waals surface area contributed by atoms with Crippen LogP contribution in [0.5, 0.6) is 0 Å². The van der Waals surface area contributed by atoms with E-state index in [1.54, 1.807) is 12.4 Å². The van der Waals surface area contributed by atoms with Crippen LogP contribution in [0.2, 0.25) is 0 Å². The largest absolute Gasteiger partial charge is 0.472 e. The van der Waals surface area contributed by atoms with Gasteiger partial charge in [-0.3, -0.25) is 4.98 Å². The van der Waals surface area contributed by atoms with E-state index < -0.39 is 0 Å². The zero-order chi connectivity index (χ0) is 9.10. The van der Waals surface area contributed by atoms with E-state index in [4.69, 9.17) is 4.74 Å². The fraction of sp³-hybridized carbons (Fsp3) is 0.400. The zero-order valence-electron chi connectivity index (χ0n) is 7.60. The van der Waals surface area contributed by atoms with Crippen molar-refractivity contribution >= 4 is 5.90 Å². The van der Waals surface area contributed by atoms with Crippen LogP contribution in [-0.2, 0) is 4.74 Å². The minimum atomic E-state index is 0.259. The molecule has 0 saturated heterocycles. The van der Waals surface area contributed by atoms with Gasteiger partial charge >= 0.3 is 0 Å². The maximum Gasteiger partial charge on any atom is 0.218 e. The minimum Gasteiger partial charge on any atom is -0.472 e. The van der Waals surface area contributed by atoms with Gasteiger partial charge in [0.2, 0.25) is 5.90 Å². The summed E-state index contributed by atoms with van der Waals surface area (Å²) in [5, 5.41) is 0. The Morgan fingerprint density at radius 1 is 1.62 bits per heavy atom. The third-order valence-electron chi connectivity index (χ3n) is 2.08. The minimum absolute atomic E-state index is 0.259. The normalized spacial score (nSPS) is 21.0. The van der Waals surface area contributed by atoms with Crippen LogP contribution in [0.4, 0.5) is 0 Å². The van der Waals surface area contributed by atoms with Gasteiger partial charge in [-0.05, 0) is 18.6 Å². The molecule has 0 radical (unpaired) electrons. The van der Waals surface area contributed by atoms with Gasteiger partial charge in [0.15, 0.2) is 0 Å². The van der Waals surface area contributed by atoms with Gasteiger partial charge in [0.05, 0.1) is 12.1 Å². The monoisotopic (exact) mass is 176 g/mol. The summed E-state index contributed by atoms with van der Waals surface area (Å²) in [6, 6.07) is 3.85. The molecule has 0 amide bonds. The van der Waals surface area contributed by atoms with Gasteiger partial charge in [-0.1, -0.05) is 6.92 Å². The lowest BCUT2D eigenvalue weighted by Gasteiger charge is -2.07. The molecular weight excluding hydrogens is 164 g/mol. The highest BCUT2D eigenvalue weighted by atomic mass is 16.5. The Balaban J connectivity index is 2.12. The third kappa shape index (κ3) is 1.69. The van der Waals surface area contributed by atoms with Crippen LogP contribution in [0.3, 0.4) is 0 Å². The Bertz CT molecular complexity index is 308. The summed E-state index contributed by atoms with van der Waals surface area (Å²) in [5.41, 5.74) is 0.971. The summed E-state index contributed by atoms with van der Waals surface area (Å²) in [5.74, 6) is 0.736. The van der Waals surface area contributed by atoms with Crippen LogP contribution in [0.1, 0.15) is 18.9 Å². The number of aliphatic imine (C=N–C) groups is 1. The highest BCUT2D eigenvalue weighted by Gasteiger charge is 2.18. The molecule has 0 aromatic carbocycles. The maximum absolute atomic E-state index is 5.61. The smallest absolute Gasteiger partial charge is 0.218 e. The lowest BCUT2D eigenvalue weighted by molar-refractivity contribution is 0.220. The lowest BCUT2D eigenvalue weighted by atomic mass is 10.3. The van der Waals surface area contributed by atoms with Crippen molar-refractivity contribution < 1.29 is 4.74 Å². The molecular formula is C10H12N2O. The summed E-state index contributed by atoms with van der Waals surface area (Å²) < 4.78 is 5.61. The van der Waals surface area contributed by atoms with Gasteiger partial charge in [-0.25, -0.2) is 4.99 Å². The Kier molecular flexibility index (Phi) is 2.25. The van der Waals surface area contributed by atoms with Crippen molar-refractivity contribution in [2.24, 2.45) is 4.99 Å². The van der Waals surface area contributed by atoms with Gasteiger partial charge in [0, 0.05) is 12.4 Å². The molecule has 0 saturated carbocycles. The van der Waals surface area contributed by atoms with Crippen molar-refractivity contribution in [3.63, 3.8) is 0 Å². The van der Waals surface area contributed by atoms with Gasteiger partial charge in [-0.15, -0.1) is 0 Å². The van der Waals surface area contributed by atoms with Crippen LogP contribution in [0, 0.1) is 0 Å². The van der Waals surface area contributed by atoms with Gasteiger partial charge in [-0.2, -0.15) is 0 Å². The van der Waals surface area contributed by atoms with E-state index in [2.05, 4.69) is 16.9 Å². The quantitative estimate of drug-likeness (QED) is 0.686. The first-order chi connectivity index (χ1) is 6.40. The molecule has 0 N–H and O–H groups in total. The second kappa shape index (κ2) is 3.56. The molecule has 1 aromatic heterocycles. The van der Waals surface area contributed by atoms with Crippen molar-refractivity contribution in [1.29, 1.82) is 0 Å². The Labute approximate surface area is 77.5 Å². The molecule has 0 bridgehead atoms. The number of hydrogen-bond donors (Lipinski definition) is 0. The fourth-order valence-electron chi connectivity index (χ4n) is 1.28. The fourth-order valence-corrected chi connectivity index (χ4v) is 1.28. The van der Waals surface area contributed by atoms with E-state index in [1.165, 1.54) is 0 Å². The standard InChI is InChI=1S/C10H12N2O/c1-2-9-7-12-10(13-9)8-4-3-5-11-6-8/h3-6,9H,2,7H2,1H3. The SMILES string of the molecule is CCC1CN=C(c2cccnc2)O1. The summed E-state index contributed by atoms with van der Waals surface area (Å²) >= 11 is 0. The van der Waals surface area contributed by atoms with E-state index in [0.29, 0.717) is 0 Å². The van der Waals surface area contributed by atoms with Gasteiger partial charge < -0.3 is 4.74 Å².